The molecule has 0 unspecified atom stereocenters. The van der Waals surface area contributed by atoms with Crippen LogP contribution in [0.2, 0.25) is 0 Å². The molecule has 0 fully saturated rings. The van der Waals surface area contributed by atoms with Crippen molar-refractivity contribution in [2.45, 2.75) is 13.5 Å². The van der Waals surface area contributed by atoms with Crippen molar-refractivity contribution in [2.75, 3.05) is 27.2 Å². The van der Waals surface area contributed by atoms with Crippen LogP contribution in [0.3, 0.4) is 0 Å². The fraction of sp³-hybridized carbons (Fsp3) is 0.545. The zero-order chi connectivity index (χ0) is 12.1. The summed E-state index contributed by atoms with van der Waals surface area (Å²) in [6, 6.07) is 1.86. The number of carbonyl (C=O) groups is 1. The minimum absolute atomic E-state index is 0. The second-order valence-corrected chi connectivity index (χ2v) is 4.58. The number of aromatic nitrogens is 1. The van der Waals surface area contributed by atoms with Crippen LogP contribution in [-0.4, -0.2) is 42.6 Å². The molecule has 17 heavy (non-hydrogen) atoms. The van der Waals surface area contributed by atoms with Gasteiger partial charge in [0.1, 0.15) is 5.69 Å². The number of amides is 1. The molecule has 0 saturated carbocycles. The fourth-order valence-corrected chi connectivity index (χ4v) is 1.96. The first-order valence-corrected chi connectivity index (χ1v) is 6.15. The molecule has 1 rings (SSSR count). The van der Waals surface area contributed by atoms with E-state index in [0.29, 0.717) is 6.54 Å². The topological polar surface area (TPSA) is 37.3 Å². The van der Waals surface area contributed by atoms with Gasteiger partial charge in [0, 0.05) is 37.4 Å². The number of hydrogen-bond acceptors (Lipinski definition) is 2. The van der Waals surface area contributed by atoms with E-state index in [1.807, 2.05) is 37.8 Å². The monoisotopic (exact) mass is 323 g/mol. The van der Waals surface area contributed by atoms with Gasteiger partial charge in [0.15, 0.2) is 0 Å². The molecule has 0 aliphatic carbocycles. The zero-order valence-electron chi connectivity index (χ0n) is 10.4. The summed E-state index contributed by atoms with van der Waals surface area (Å²) in [5, 5.41) is 3.03. The predicted molar refractivity (Wildman–Crippen MR) is 75.9 cm³/mol. The molecular formula is C11H19BrClN3O. The van der Waals surface area contributed by atoms with Gasteiger partial charge in [-0.1, -0.05) is 0 Å². The third-order valence-electron chi connectivity index (χ3n) is 2.47. The van der Waals surface area contributed by atoms with Gasteiger partial charge in [-0.05, 0) is 36.0 Å². The molecule has 0 bridgehead atoms. The van der Waals surface area contributed by atoms with Crippen LogP contribution in [0.1, 0.15) is 17.4 Å². The first kappa shape index (κ1) is 16.5. The molecule has 98 valence electrons. The lowest BCUT2D eigenvalue weighted by molar-refractivity contribution is 0.0786. The second kappa shape index (κ2) is 7.74. The molecule has 0 aliphatic heterocycles. The lowest BCUT2D eigenvalue weighted by Gasteiger charge is -2.17. The van der Waals surface area contributed by atoms with Crippen LogP contribution in [0, 0.1) is 0 Å². The Bertz CT molecular complexity index is 368. The second-order valence-electron chi connectivity index (χ2n) is 3.66. The van der Waals surface area contributed by atoms with E-state index in [0.717, 1.165) is 23.3 Å². The summed E-state index contributed by atoms with van der Waals surface area (Å²) in [5.74, 6) is 0.0581. The van der Waals surface area contributed by atoms with Crippen LogP contribution in [0.15, 0.2) is 16.7 Å². The average Bonchev–Trinajstić information content (AvgIpc) is 2.66. The maximum atomic E-state index is 12.1. The number of nitrogens with zero attached hydrogens (tertiary/aromatic N) is 2. The molecule has 1 heterocycles. The van der Waals surface area contributed by atoms with E-state index in [1.54, 1.807) is 4.90 Å². The molecule has 0 saturated heterocycles. The Morgan fingerprint density at radius 2 is 2.24 bits per heavy atom. The molecular weight excluding hydrogens is 305 g/mol. The molecule has 0 atom stereocenters. The van der Waals surface area contributed by atoms with Gasteiger partial charge < -0.3 is 14.8 Å². The van der Waals surface area contributed by atoms with Crippen molar-refractivity contribution in [3.05, 3.63) is 22.4 Å². The number of likely N-dealkylation sites (N-methyl/N-ethyl adjacent to an activating group) is 2. The average molecular weight is 325 g/mol. The molecule has 0 radical (unpaired) electrons. The van der Waals surface area contributed by atoms with E-state index in [2.05, 4.69) is 21.2 Å². The van der Waals surface area contributed by atoms with E-state index < -0.39 is 0 Å². The highest BCUT2D eigenvalue weighted by atomic mass is 79.9. The van der Waals surface area contributed by atoms with Gasteiger partial charge in [-0.3, -0.25) is 4.79 Å². The molecule has 0 spiro atoms. The van der Waals surface area contributed by atoms with E-state index in [1.165, 1.54) is 0 Å². The Labute approximate surface area is 117 Å². The van der Waals surface area contributed by atoms with Crippen molar-refractivity contribution < 1.29 is 4.79 Å². The van der Waals surface area contributed by atoms with Crippen LogP contribution in [0.25, 0.3) is 0 Å². The molecule has 1 aromatic rings. The van der Waals surface area contributed by atoms with E-state index in [4.69, 9.17) is 0 Å². The van der Waals surface area contributed by atoms with Gasteiger partial charge >= 0.3 is 0 Å². The minimum atomic E-state index is 0. The maximum Gasteiger partial charge on any atom is 0.270 e. The normalized spacial score (nSPS) is 9.88. The van der Waals surface area contributed by atoms with Gasteiger partial charge in [0.05, 0.1) is 0 Å². The van der Waals surface area contributed by atoms with Crippen molar-refractivity contribution in [3.63, 3.8) is 0 Å². The van der Waals surface area contributed by atoms with Gasteiger partial charge in [-0.15, -0.1) is 12.4 Å². The SMILES string of the molecule is CCn1cc(Br)cc1C(=O)N(C)CCNC.Cl. The van der Waals surface area contributed by atoms with Crippen LogP contribution < -0.4 is 5.32 Å². The van der Waals surface area contributed by atoms with Crippen molar-refractivity contribution in [1.82, 2.24) is 14.8 Å². The van der Waals surface area contributed by atoms with Crippen LogP contribution in [-0.2, 0) is 6.54 Å². The third kappa shape index (κ3) is 4.33. The molecule has 0 aliphatic rings. The minimum Gasteiger partial charge on any atom is -0.343 e. The summed E-state index contributed by atoms with van der Waals surface area (Å²) in [5.41, 5.74) is 0.730. The predicted octanol–water partition coefficient (Wildman–Crippen LogP) is 1.98. The number of aryl methyl sites for hydroxylation is 1. The zero-order valence-corrected chi connectivity index (χ0v) is 12.8. The van der Waals surface area contributed by atoms with Gasteiger partial charge in [0.2, 0.25) is 0 Å². The Balaban J connectivity index is 0.00000256. The lowest BCUT2D eigenvalue weighted by Crippen LogP contribution is -2.33. The molecule has 0 aromatic carbocycles. The van der Waals surface area contributed by atoms with Crippen LogP contribution >= 0.6 is 28.3 Å². The summed E-state index contributed by atoms with van der Waals surface area (Å²) >= 11 is 3.39. The van der Waals surface area contributed by atoms with Crippen LogP contribution in [0.4, 0.5) is 0 Å². The molecule has 1 aromatic heterocycles. The van der Waals surface area contributed by atoms with E-state index in [-0.39, 0.29) is 18.3 Å². The number of nitrogens with one attached hydrogen (secondary N) is 1. The first-order chi connectivity index (χ1) is 7.60. The van der Waals surface area contributed by atoms with Crippen molar-refractivity contribution in [1.29, 1.82) is 0 Å². The van der Waals surface area contributed by atoms with Crippen LogP contribution in [0.5, 0.6) is 0 Å². The number of hydrogen-bond donors (Lipinski definition) is 1. The quantitative estimate of drug-likeness (QED) is 0.899. The number of carbonyl (C=O) groups excluding carboxylic acids is 1. The Kier molecular flexibility index (Phi) is 7.50. The Hall–Kier alpha value is -0.520. The number of halogens is 2. The summed E-state index contributed by atoms with van der Waals surface area (Å²) in [7, 11) is 3.70. The maximum absolute atomic E-state index is 12.1. The standard InChI is InChI=1S/C11H18BrN3O.ClH/c1-4-15-8-9(12)7-10(15)11(16)14(3)6-5-13-2;/h7-8,13H,4-6H2,1-3H3;1H. The highest BCUT2D eigenvalue weighted by Gasteiger charge is 2.15. The van der Waals surface area contributed by atoms with E-state index in [9.17, 15) is 4.79 Å². The summed E-state index contributed by atoms with van der Waals surface area (Å²) in [4.78, 5) is 13.8. The number of rotatable bonds is 5. The highest BCUT2D eigenvalue weighted by Crippen LogP contribution is 2.16. The first-order valence-electron chi connectivity index (χ1n) is 5.35. The van der Waals surface area contributed by atoms with Gasteiger partial charge in [-0.2, -0.15) is 0 Å². The lowest BCUT2D eigenvalue weighted by atomic mass is 10.3. The molecule has 6 heteroatoms. The summed E-state index contributed by atoms with van der Waals surface area (Å²) < 4.78 is 2.89. The molecule has 1 amide bonds. The Morgan fingerprint density at radius 3 is 2.76 bits per heavy atom. The molecule has 4 nitrogen and oxygen atoms in total. The summed E-state index contributed by atoms with van der Waals surface area (Å²) in [6.07, 6.45) is 1.93. The van der Waals surface area contributed by atoms with Gasteiger partial charge in [-0.25, -0.2) is 0 Å². The molecule has 1 N–H and O–H groups in total. The largest absolute Gasteiger partial charge is 0.343 e. The third-order valence-corrected chi connectivity index (χ3v) is 2.90. The Morgan fingerprint density at radius 1 is 1.59 bits per heavy atom. The summed E-state index contributed by atoms with van der Waals surface area (Å²) in [6.45, 7) is 4.33. The smallest absolute Gasteiger partial charge is 0.270 e. The highest BCUT2D eigenvalue weighted by molar-refractivity contribution is 9.10. The van der Waals surface area contributed by atoms with Crippen molar-refractivity contribution in [3.8, 4) is 0 Å². The van der Waals surface area contributed by atoms with E-state index >= 15 is 0 Å². The van der Waals surface area contributed by atoms with Gasteiger partial charge in [0.25, 0.3) is 5.91 Å². The fourth-order valence-electron chi connectivity index (χ4n) is 1.49. The van der Waals surface area contributed by atoms with Crippen molar-refractivity contribution in [2.24, 2.45) is 0 Å². The van der Waals surface area contributed by atoms with Crippen molar-refractivity contribution >= 4 is 34.2 Å².